The van der Waals surface area contributed by atoms with Crippen molar-refractivity contribution in [2.45, 2.75) is 29.8 Å². The van der Waals surface area contributed by atoms with Crippen molar-refractivity contribution in [3.05, 3.63) is 41.7 Å². The van der Waals surface area contributed by atoms with Gasteiger partial charge in [-0.05, 0) is 25.0 Å². The summed E-state index contributed by atoms with van der Waals surface area (Å²) in [7, 11) is 1.91. The Balaban J connectivity index is 1.62. The molecule has 4 rings (SSSR count). The summed E-state index contributed by atoms with van der Waals surface area (Å²) in [5.74, 6) is 2.52. The molecule has 118 valence electrons. The lowest BCUT2D eigenvalue weighted by Crippen LogP contribution is -2.01. The normalized spacial score (nSPS) is 14.3. The third kappa shape index (κ3) is 2.86. The van der Waals surface area contributed by atoms with E-state index in [0.717, 1.165) is 22.4 Å². The van der Waals surface area contributed by atoms with Gasteiger partial charge in [0.05, 0.1) is 11.9 Å². The molecule has 8 heteroatoms. The van der Waals surface area contributed by atoms with Crippen LogP contribution in [0.1, 0.15) is 24.7 Å². The highest BCUT2D eigenvalue weighted by Gasteiger charge is 2.30. The summed E-state index contributed by atoms with van der Waals surface area (Å²) in [4.78, 5) is 8.51. The molecule has 1 aliphatic carbocycles. The van der Waals surface area contributed by atoms with Crippen molar-refractivity contribution in [3.8, 4) is 11.4 Å². The highest BCUT2D eigenvalue weighted by Crippen LogP contribution is 2.41. The molecule has 0 N–H and O–H groups in total. The summed E-state index contributed by atoms with van der Waals surface area (Å²) in [5, 5.41) is 10.3. The van der Waals surface area contributed by atoms with Gasteiger partial charge in [-0.2, -0.15) is 0 Å². The Labute approximate surface area is 142 Å². The molecular formula is C15H15ClN6S. The second-order valence-electron chi connectivity index (χ2n) is 5.49. The molecule has 1 aliphatic rings. The molecule has 6 nitrogen and oxygen atoms in total. The fourth-order valence-corrected chi connectivity index (χ4v) is 3.56. The summed E-state index contributed by atoms with van der Waals surface area (Å²) in [5.41, 5.74) is 0.999. The molecule has 0 aromatic carbocycles. The van der Waals surface area contributed by atoms with Crippen LogP contribution in [-0.4, -0.2) is 29.3 Å². The van der Waals surface area contributed by atoms with Crippen molar-refractivity contribution in [2.24, 2.45) is 7.05 Å². The highest BCUT2D eigenvalue weighted by atomic mass is 35.5. The van der Waals surface area contributed by atoms with Crippen molar-refractivity contribution in [1.82, 2.24) is 29.3 Å². The van der Waals surface area contributed by atoms with E-state index in [0.29, 0.717) is 16.9 Å². The lowest BCUT2D eigenvalue weighted by atomic mass is 10.3. The third-order valence-electron chi connectivity index (χ3n) is 3.85. The second kappa shape index (κ2) is 5.98. The van der Waals surface area contributed by atoms with Gasteiger partial charge in [-0.15, -0.1) is 10.2 Å². The van der Waals surface area contributed by atoms with Gasteiger partial charge in [0.1, 0.15) is 11.0 Å². The number of halogens is 1. The van der Waals surface area contributed by atoms with Crippen LogP contribution in [0, 0.1) is 0 Å². The van der Waals surface area contributed by atoms with E-state index in [2.05, 4.69) is 24.7 Å². The molecule has 0 spiro atoms. The Bertz CT molecular complexity index is 824. The summed E-state index contributed by atoms with van der Waals surface area (Å²) in [6, 6.07) is 4.43. The van der Waals surface area contributed by atoms with E-state index in [4.69, 9.17) is 11.6 Å². The molecule has 1 fully saturated rings. The van der Waals surface area contributed by atoms with Crippen LogP contribution in [0.5, 0.6) is 0 Å². The number of thioether (sulfide) groups is 1. The van der Waals surface area contributed by atoms with Crippen LogP contribution in [0.25, 0.3) is 11.4 Å². The van der Waals surface area contributed by atoms with Crippen LogP contribution >= 0.6 is 23.4 Å². The zero-order chi connectivity index (χ0) is 15.8. The molecule has 1 saturated carbocycles. The minimum atomic E-state index is 0.493. The van der Waals surface area contributed by atoms with Gasteiger partial charge in [0.15, 0.2) is 11.0 Å². The lowest BCUT2D eigenvalue weighted by molar-refractivity contribution is 0.668. The first-order valence-electron chi connectivity index (χ1n) is 7.38. The van der Waals surface area contributed by atoms with E-state index in [1.807, 2.05) is 29.9 Å². The van der Waals surface area contributed by atoms with E-state index in [9.17, 15) is 0 Å². The standard InChI is InChI=1S/C15H15ClN6S/c1-21-12(16)8-18-13(21)9-23-15-20-19-14(22(15)11-4-5-11)10-3-2-6-17-7-10/h2-3,6-8,11H,4-5,9H2,1H3. The van der Waals surface area contributed by atoms with E-state index in [1.165, 1.54) is 12.8 Å². The number of rotatable bonds is 5. The summed E-state index contributed by atoms with van der Waals surface area (Å²) in [6.07, 6.45) is 7.61. The molecule has 0 saturated heterocycles. The Hall–Kier alpha value is -1.86. The molecule has 0 aliphatic heterocycles. The first kappa shape index (κ1) is 14.7. The van der Waals surface area contributed by atoms with E-state index >= 15 is 0 Å². The number of imidazole rings is 1. The maximum absolute atomic E-state index is 6.04. The maximum Gasteiger partial charge on any atom is 0.192 e. The van der Waals surface area contributed by atoms with Crippen LogP contribution in [0.3, 0.4) is 0 Å². The van der Waals surface area contributed by atoms with Gasteiger partial charge in [0, 0.05) is 31.0 Å². The van der Waals surface area contributed by atoms with Crippen LogP contribution in [0.2, 0.25) is 5.15 Å². The molecule has 0 bridgehead atoms. The molecule has 3 aromatic heterocycles. The Kier molecular flexibility index (Phi) is 3.82. The minimum Gasteiger partial charge on any atom is -0.322 e. The Morgan fingerprint density at radius 2 is 2.17 bits per heavy atom. The average Bonchev–Trinajstić information content (AvgIpc) is 3.26. The predicted molar refractivity (Wildman–Crippen MR) is 89.3 cm³/mol. The van der Waals surface area contributed by atoms with Crippen LogP contribution in [0.4, 0.5) is 0 Å². The minimum absolute atomic E-state index is 0.493. The largest absolute Gasteiger partial charge is 0.322 e. The number of hydrogen-bond donors (Lipinski definition) is 0. The van der Waals surface area contributed by atoms with E-state index in [-0.39, 0.29) is 0 Å². The maximum atomic E-state index is 6.04. The number of pyridine rings is 1. The van der Waals surface area contributed by atoms with E-state index in [1.54, 1.807) is 24.2 Å². The molecule has 23 heavy (non-hydrogen) atoms. The molecule has 3 heterocycles. The van der Waals surface area contributed by atoms with Gasteiger partial charge in [0.2, 0.25) is 0 Å². The zero-order valence-electron chi connectivity index (χ0n) is 12.6. The first-order chi connectivity index (χ1) is 11.2. The van der Waals surface area contributed by atoms with Crippen LogP contribution < -0.4 is 0 Å². The topological polar surface area (TPSA) is 61.4 Å². The Morgan fingerprint density at radius 3 is 2.83 bits per heavy atom. The fourth-order valence-electron chi connectivity index (χ4n) is 2.42. The molecule has 0 amide bonds. The molecule has 3 aromatic rings. The van der Waals surface area contributed by atoms with Crippen molar-refractivity contribution in [3.63, 3.8) is 0 Å². The molecule has 0 radical (unpaired) electrons. The number of nitrogens with zero attached hydrogens (tertiary/aromatic N) is 6. The van der Waals surface area contributed by atoms with Gasteiger partial charge in [-0.1, -0.05) is 23.4 Å². The van der Waals surface area contributed by atoms with Gasteiger partial charge >= 0.3 is 0 Å². The number of hydrogen-bond acceptors (Lipinski definition) is 5. The Morgan fingerprint density at radius 1 is 1.30 bits per heavy atom. The summed E-state index contributed by atoms with van der Waals surface area (Å²) in [6.45, 7) is 0. The average molecular weight is 347 g/mol. The van der Waals surface area contributed by atoms with Crippen molar-refractivity contribution >= 4 is 23.4 Å². The SMILES string of the molecule is Cn1c(Cl)cnc1CSc1nnc(-c2cccnc2)n1C1CC1. The fraction of sp³-hybridized carbons (Fsp3) is 0.333. The summed E-state index contributed by atoms with van der Waals surface area (Å²) >= 11 is 7.68. The molecule has 0 atom stereocenters. The van der Waals surface area contributed by atoms with E-state index < -0.39 is 0 Å². The zero-order valence-corrected chi connectivity index (χ0v) is 14.1. The van der Waals surface area contributed by atoms with Crippen molar-refractivity contribution in [1.29, 1.82) is 0 Å². The predicted octanol–water partition coefficient (Wildman–Crippen LogP) is 3.35. The molecular weight excluding hydrogens is 332 g/mol. The molecule has 0 unspecified atom stereocenters. The van der Waals surface area contributed by atoms with Gasteiger partial charge < -0.3 is 4.57 Å². The van der Waals surface area contributed by atoms with Crippen LogP contribution in [-0.2, 0) is 12.8 Å². The van der Waals surface area contributed by atoms with Crippen molar-refractivity contribution < 1.29 is 0 Å². The quantitative estimate of drug-likeness (QED) is 0.663. The second-order valence-corrected chi connectivity index (χ2v) is 6.82. The van der Waals surface area contributed by atoms with Gasteiger partial charge in [0.25, 0.3) is 0 Å². The monoisotopic (exact) mass is 346 g/mol. The summed E-state index contributed by atoms with van der Waals surface area (Å²) < 4.78 is 4.11. The lowest BCUT2D eigenvalue weighted by Gasteiger charge is -2.08. The van der Waals surface area contributed by atoms with Gasteiger partial charge in [-0.3, -0.25) is 9.55 Å². The smallest absolute Gasteiger partial charge is 0.192 e. The number of aromatic nitrogens is 6. The van der Waals surface area contributed by atoms with Crippen LogP contribution in [0.15, 0.2) is 35.9 Å². The van der Waals surface area contributed by atoms with Gasteiger partial charge in [-0.25, -0.2) is 4.98 Å². The van der Waals surface area contributed by atoms with Crippen molar-refractivity contribution in [2.75, 3.05) is 0 Å². The highest BCUT2D eigenvalue weighted by molar-refractivity contribution is 7.98. The third-order valence-corrected chi connectivity index (χ3v) is 5.14. The first-order valence-corrected chi connectivity index (χ1v) is 8.74.